The van der Waals surface area contributed by atoms with E-state index in [1.54, 1.807) is 13.8 Å². The van der Waals surface area contributed by atoms with Gasteiger partial charge in [-0.2, -0.15) is 11.8 Å². The van der Waals surface area contributed by atoms with Crippen LogP contribution in [0.25, 0.3) is 0 Å². The molecule has 0 radical (unpaired) electrons. The summed E-state index contributed by atoms with van der Waals surface area (Å²) in [5, 5.41) is 19.8. The smallest absolute Gasteiger partial charge is 0.326 e. The molecular weight excluding hydrogens is 372 g/mol. The molecule has 1 aliphatic rings. The van der Waals surface area contributed by atoms with Crippen molar-refractivity contribution in [1.29, 1.82) is 0 Å². The van der Waals surface area contributed by atoms with E-state index in [1.165, 1.54) is 11.8 Å². The normalized spacial score (nSPS) is 18.6. The van der Waals surface area contributed by atoms with Crippen LogP contribution in [-0.4, -0.2) is 72.0 Å². The Morgan fingerprint density at radius 3 is 2.44 bits per heavy atom. The maximum atomic E-state index is 12.4. The molecule has 1 fully saturated rings. The van der Waals surface area contributed by atoms with Gasteiger partial charge in [0.15, 0.2) is 0 Å². The minimum absolute atomic E-state index is 0.160. The number of carboxylic acid groups (broad SMARTS) is 1. The Hall–Kier alpha value is -1.81. The Labute approximate surface area is 163 Å². The predicted octanol–water partition coefficient (Wildman–Crippen LogP) is -0.682. The second kappa shape index (κ2) is 11.8. The summed E-state index contributed by atoms with van der Waals surface area (Å²) in [5.41, 5.74) is 0. The number of hydrogen-bond acceptors (Lipinski definition) is 6. The zero-order valence-electron chi connectivity index (χ0n) is 16.0. The Morgan fingerprint density at radius 2 is 1.93 bits per heavy atom. The van der Waals surface area contributed by atoms with Gasteiger partial charge in [-0.1, -0.05) is 13.8 Å². The highest BCUT2D eigenvalue weighted by Gasteiger charge is 2.29. The fourth-order valence-corrected chi connectivity index (χ4v) is 3.18. The van der Waals surface area contributed by atoms with E-state index in [-0.39, 0.29) is 24.4 Å². The average Bonchev–Trinajstić information content (AvgIpc) is 3.15. The third-order valence-corrected chi connectivity index (χ3v) is 4.93. The molecule has 0 saturated carbocycles. The van der Waals surface area contributed by atoms with Crippen molar-refractivity contribution in [3.8, 4) is 0 Å². The lowest BCUT2D eigenvalue weighted by molar-refractivity contribution is -0.141. The summed E-state index contributed by atoms with van der Waals surface area (Å²) >= 11 is 1.49. The molecule has 5 N–H and O–H groups in total. The van der Waals surface area contributed by atoms with E-state index < -0.39 is 29.9 Å². The number of amides is 3. The minimum atomic E-state index is -1.11. The maximum absolute atomic E-state index is 12.4. The summed E-state index contributed by atoms with van der Waals surface area (Å²) in [6.45, 7) is 4.03. The molecule has 1 aliphatic heterocycles. The molecular formula is C17H30N4O5S. The van der Waals surface area contributed by atoms with Crippen LogP contribution in [0.15, 0.2) is 0 Å². The highest BCUT2D eigenvalue weighted by atomic mass is 32.2. The first kappa shape index (κ1) is 23.2. The van der Waals surface area contributed by atoms with Crippen LogP contribution < -0.4 is 21.3 Å². The summed E-state index contributed by atoms with van der Waals surface area (Å²) in [6.07, 6.45) is 3.79. The van der Waals surface area contributed by atoms with Crippen molar-refractivity contribution in [3.05, 3.63) is 0 Å². The van der Waals surface area contributed by atoms with Gasteiger partial charge < -0.3 is 26.4 Å². The lowest BCUT2D eigenvalue weighted by atomic mass is 10.0. The molecule has 1 rings (SSSR count). The Bertz CT molecular complexity index is 537. The molecule has 3 unspecified atom stereocenters. The Balaban J connectivity index is 2.51. The van der Waals surface area contributed by atoms with Crippen LogP contribution in [0.3, 0.4) is 0 Å². The van der Waals surface area contributed by atoms with Crippen molar-refractivity contribution >= 4 is 35.5 Å². The molecule has 0 aromatic carbocycles. The molecule has 3 amide bonds. The van der Waals surface area contributed by atoms with Crippen molar-refractivity contribution in [3.63, 3.8) is 0 Å². The largest absolute Gasteiger partial charge is 0.480 e. The quantitative estimate of drug-likeness (QED) is 0.309. The number of aliphatic carboxylic acids is 1. The molecule has 0 aliphatic carbocycles. The number of carboxylic acids is 1. The van der Waals surface area contributed by atoms with Gasteiger partial charge in [-0.15, -0.1) is 0 Å². The van der Waals surface area contributed by atoms with E-state index in [4.69, 9.17) is 5.11 Å². The van der Waals surface area contributed by atoms with Crippen molar-refractivity contribution in [2.24, 2.45) is 5.92 Å². The summed E-state index contributed by atoms with van der Waals surface area (Å²) in [4.78, 5) is 47.7. The zero-order valence-corrected chi connectivity index (χ0v) is 16.9. The number of rotatable bonds is 11. The van der Waals surface area contributed by atoms with E-state index in [0.717, 1.165) is 19.4 Å². The fraction of sp³-hybridized carbons (Fsp3) is 0.765. The molecule has 1 saturated heterocycles. The van der Waals surface area contributed by atoms with Gasteiger partial charge in [0.05, 0.1) is 12.6 Å². The Kier molecular flexibility index (Phi) is 10.2. The van der Waals surface area contributed by atoms with E-state index in [9.17, 15) is 19.2 Å². The standard InChI is InChI=1S/C17H30N4O5S/c1-10(2)14(21-15(23)11-5-4-7-18-11)16(24)19-9-13(22)20-12(17(25)26)6-8-27-3/h10-12,14,18H,4-9H2,1-3H3,(H,19,24)(H,20,22)(H,21,23)(H,25,26). The van der Waals surface area contributed by atoms with Gasteiger partial charge in [-0.05, 0) is 43.7 Å². The van der Waals surface area contributed by atoms with E-state index in [1.807, 2.05) is 6.26 Å². The first-order valence-corrected chi connectivity index (χ1v) is 10.5. The van der Waals surface area contributed by atoms with Crippen molar-refractivity contribution < 1.29 is 24.3 Å². The molecule has 10 heteroatoms. The van der Waals surface area contributed by atoms with Gasteiger partial charge in [-0.3, -0.25) is 14.4 Å². The number of thioether (sulfide) groups is 1. The number of hydrogen-bond donors (Lipinski definition) is 5. The maximum Gasteiger partial charge on any atom is 0.326 e. The number of carbonyl (C=O) groups excluding carboxylic acids is 3. The lowest BCUT2D eigenvalue weighted by Gasteiger charge is -2.23. The summed E-state index contributed by atoms with van der Waals surface area (Å²) in [7, 11) is 0. The Morgan fingerprint density at radius 1 is 1.22 bits per heavy atom. The molecule has 154 valence electrons. The highest BCUT2D eigenvalue weighted by molar-refractivity contribution is 7.98. The molecule has 0 aromatic rings. The van der Waals surface area contributed by atoms with Crippen LogP contribution in [0.1, 0.15) is 33.1 Å². The lowest BCUT2D eigenvalue weighted by Crippen LogP contribution is -2.55. The van der Waals surface area contributed by atoms with Crippen LogP contribution in [0.5, 0.6) is 0 Å². The SMILES string of the molecule is CSCCC(NC(=O)CNC(=O)C(NC(=O)C1CCCN1)C(C)C)C(=O)O. The summed E-state index contributed by atoms with van der Waals surface area (Å²) in [6, 6.07) is -2.05. The van der Waals surface area contributed by atoms with Gasteiger partial charge in [0.2, 0.25) is 17.7 Å². The molecule has 3 atom stereocenters. The van der Waals surface area contributed by atoms with E-state index in [0.29, 0.717) is 12.2 Å². The van der Waals surface area contributed by atoms with Crippen LogP contribution >= 0.6 is 11.8 Å². The van der Waals surface area contributed by atoms with Crippen molar-refractivity contribution in [1.82, 2.24) is 21.3 Å². The molecule has 0 aromatic heterocycles. The highest BCUT2D eigenvalue weighted by Crippen LogP contribution is 2.08. The molecule has 27 heavy (non-hydrogen) atoms. The van der Waals surface area contributed by atoms with Crippen LogP contribution in [-0.2, 0) is 19.2 Å². The van der Waals surface area contributed by atoms with Gasteiger partial charge in [0.25, 0.3) is 0 Å². The fourth-order valence-electron chi connectivity index (χ4n) is 2.71. The average molecular weight is 403 g/mol. The molecule has 9 nitrogen and oxygen atoms in total. The summed E-state index contributed by atoms with van der Waals surface area (Å²) in [5.74, 6) is -1.95. The van der Waals surface area contributed by atoms with E-state index in [2.05, 4.69) is 21.3 Å². The first-order chi connectivity index (χ1) is 12.8. The predicted molar refractivity (Wildman–Crippen MR) is 103 cm³/mol. The van der Waals surface area contributed by atoms with Crippen LogP contribution in [0.4, 0.5) is 0 Å². The molecule has 0 bridgehead atoms. The van der Waals surface area contributed by atoms with Gasteiger partial charge in [-0.25, -0.2) is 4.79 Å². The number of carbonyl (C=O) groups is 4. The second-order valence-electron chi connectivity index (χ2n) is 6.84. The minimum Gasteiger partial charge on any atom is -0.480 e. The van der Waals surface area contributed by atoms with Gasteiger partial charge in [0, 0.05) is 0 Å². The third kappa shape index (κ3) is 8.17. The van der Waals surface area contributed by atoms with Gasteiger partial charge in [0.1, 0.15) is 12.1 Å². The van der Waals surface area contributed by atoms with Crippen LogP contribution in [0, 0.1) is 5.92 Å². The molecule has 0 spiro atoms. The van der Waals surface area contributed by atoms with Crippen molar-refractivity contribution in [2.75, 3.05) is 25.1 Å². The number of nitrogens with one attached hydrogen (secondary N) is 4. The monoisotopic (exact) mass is 402 g/mol. The van der Waals surface area contributed by atoms with Gasteiger partial charge >= 0.3 is 5.97 Å². The van der Waals surface area contributed by atoms with E-state index >= 15 is 0 Å². The summed E-state index contributed by atoms with van der Waals surface area (Å²) < 4.78 is 0. The molecule has 1 heterocycles. The van der Waals surface area contributed by atoms with Crippen LogP contribution in [0.2, 0.25) is 0 Å². The second-order valence-corrected chi connectivity index (χ2v) is 7.82. The third-order valence-electron chi connectivity index (χ3n) is 4.29. The van der Waals surface area contributed by atoms with Crippen molar-refractivity contribution in [2.45, 2.75) is 51.2 Å². The topological polar surface area (TPSA) is 137 Å². The first-order valence-electron chi connectivity index (χ1n) is 9.08. The zero-order chi connectivity index (χ0) is 20.4.